The first-order chi connectivity index (χ1) is 8.91. The number of aromatic nitrogens is 1. The molecule has 19 heavy (non-hydrogen) atoms. The number of likely N-dealkylation sites (tertiary alicyclic amines) is 1. The number of nitrogens with zero attached hydrogens (tertiary/aromatic N) is 2. The van der Waals surface area contributed by atoms with Gasteiger partial charge in [0.1, 0.15) is 5.01 Å². The van der Waals surface area contributed by atoms with Crippen LogP contribution in [0.25, 0.3) is 0 Å². The van der Waals surface area contributed by atoms with Gasteiger partial charge in [-0.15, -0.1) is 11.3 Å². The molecule has 1 unspecified atom stereocenters. The zero-order valence-corrected chi connectivity index (χ0v) is 13.5. The summed E-state index contributed by atoms with van der Waals surface area (Å²) >= 11 is 1.80. The Kier molecular flexibility index (Phi) is 4.64. The minimum atomic E-state index is 0.0942. The first-order valence-corrected chi connectivity index (χ1v) is 8.16. The van der Waals surface area contributed by atoms with Crippen molar-refractivity contribution in [3.63, 3.8) is 0 Å². The molecule has 0 spiro atoms. The van der Waals surface area contributed by atoms with Crippen LogP contribution in [0, 0.1) is 0 Å². The molecule has 1 fully saturated rings. The van der Waals surface area contributed by atoms with Crippen molar-refractivity contribution < 1.29 is 0 Å². The van der Waals surface area contributed by atoms with E-state index in [0.29, 0.717) is 12.6 Å². The van der Waals surface area contributed by atoms with Crippen LogP contribution in [0.1, 0.15) is 62.5 Å². The minimum absolute atomic E-state index is 0.0942. The molecule has 1 saturated heterocycles. The highest BCUT2D eigenvalue weighted by molar-refractivity contribution is 7.11. The van der Waals surface area contributed by atoms with E-state index in [0.717, 1.165) is 6.54 Å². The molecular weight excluding hydrogens is 254 g/mol. The van der Waals surface area contributed by atoms with Crippen LogP contribution in [0.5, 0.6) is 0 Å². The van der Waals surface area contributed by atoms with Crippen molar-refractivity contribution in [2.75, 3.05) is 6.54 Å². The van der Waals surface area contributed by atoms with Crippen LogP contribution in [0.3, 0.4) is 0 Å². The molecule has 1 aromatic heterocycles. The van der Waals surface area contributed by atoms with Crippen LogP contribution < -0.4 is 5.73 Å². The number of rotatable bonds is 3. The third kappa shape index (κ3) is 3.56. The maximum atomic E-state index is 5.88. The lowest BCUT2D eigenvalue weighted by Gasteiger charge is -2.32. The maximum Gasteiger partial charge on any atom is 0.107 e. The van der Waals surface area contributed by atoms with E-state index in [4.69, 9.17) is 10.7 Å². The van der Waals surface area contributed by atoms with E-state index in [1.807, 2.05) is 0 Å². The molecule has 1 aliphatic heterocycles. The molecule has 1 aliphatic rings. The van der Waals surface area contributed by atoms with Gasteiger partial charge in [-0.3, -0.25) is 4.90 Å². The summed E-state index contributed by atoms with van der Waals surface area (Å²) in [5, 5.41) is 1.24. The van der Waals surface area contributed by atoms with E-state index < -0.39 is 0 Å². The first-order valence-electron chi connectivity index (χ1n) is 7.35. The Hall–Kier alpha value is -0.450. The summed E-state index contributed by atoms with van der Waals surface area (Å²) in [5.74, 6) is 0. The second-order valence-corrected chi connectivity index (χ2v) is 7.82. The topological polar surface area (TPSA) is 42.2 Å². The lowest BCUT2D eigenvalue weighted by Crippen LogP contribution is -2.36. The molecule has 0 aliphatic carbocycles. The highest BCUT2D eigenvalue weighted by Gasteiger charge is 2.24. The number of hydrogen-bond acceptors (Lipinski definition) is 4. The van der Waals surface area contributed by atoms with Gasteiger partial charge in [0.05, 0.1) is 12.2 Å². The van der Waals surface area contributed by atoms with Crippen LogP contribution in [0.4, 0.5) is 0 Å². The average molecular weight is 281 g/mol. The molecule has 0 amide bonds. The predicted octanol–water partition coefficient (Wildman–Crippen LogP) is 3.27. The summed E-state index contributed by atoms with van der Waals surface area (Å²) in [6.07, 6.45) is 4.02. The third-order valence-corrected chi connectivity index (χ3v) is 4.98. The molecule has 3 nitrogen and oxygen atoms in total. The van der Waals surface area contributed by atoms with Crippen molar-refractivity contribution in [3.8, 4) is 0 Å². The van der Waals surface area contributed by atoms with Gasteiger partial charge in [-0.25, -0.2) is 4.98 Å². The predicted molar refractivity (Wildman–Crippen MR) is 82.4 cm³/mol. The molecule has 108 valence electrons. The van der Waals surface area contributed by atoms with Crippen LogP contribution in [-0.4, -0.2) is 22.5 Å². The summed E-state index contributed by atoms with van der Waals surface area (Å²) in [7, 11) is 0. The molecule has 1 atom stereocenters. The standard InChI is InChI=1S/C15H27N3S/c1-11-7-5-6-8-18(11)10-13-17-14(15(2,3)4)12(9-16)19-13/h11H,5-10,16H2,1-4H3. The van der Waals surface area contributed by atoms with Crippen LogP contribution in [0.2, 0.25) is 0 Å². The van der Waals surface area contributed by atoms with Gasteiger partial charge in [0.25, 0.3) is 0 Å². The number of hydrogen-bond donors (Lipinski definition) is 1. The van der Waals surface area contributed by atoms with E-state index in [1.54, 1.807) is 11.3 Å². The van der Waals surface area contributed by atoms with Crippen molar-refractivity contribution in [3.05, 3.63) is 15.6 Å². The van der Waals surface area contributed by atoms with Crippen LogP contribution in [-0.2, 0) is 18.5 Å². The molecule has 0 radical (unpaired) electrons. The van der Waals surface area contributed by atoms with E-state index in [2.05, 4.69) is 32.6 Å². The minimum Gasteiger partial charge on any atom is -0.326 e. The Balaban J connectivity index is 2.15. The van der Waals surface area contributed by atoms with Gasteiger partial charge in [-0.1, -0.05) is 27.2 Å². The van der Waals surface area contributed by atoms with E-state index in [1.165, 1.54) is 41.4 Å². The zero-order chi connectivity index (χ0) is 14.0. The van der Waals surface area contributed by atoms with Gasteiger partial charge in [-0.2, -0.15) is 0 Å². The van der Waals surface area contributed by atoms with Crippen molar-refractivity contribution in [2.24, 2.45) is 5.73 Å². The van der Waals surface area contributed by atoms with Crippen molar-refractivity contribution in [1.29, 1.82) is 0 Å². The Morgan fingerprint density at radius 1 is 1.37 bits per heavy atom. The molecule has 2 rings (SSSR count). The quantitative estimate of drug-likeness (QED) is 0.924. The van der Waals surface area contributed by atoms with Crippen molar-refractivity contribution in [2.45, 2.75) is 71.5 Å². The summed E-state index contributed by atoms with van der Waals surface area (Å²) in [6, 6.07) is 0.692. The van der Waals surface area contributed by atoms with Crippen LogP contribution >= 0.6 is 11.3 Å². The van der Waals surface area contributed by atoms with Gasteiger partial charge in [0.2, 0.25) is 0 Å². The molecule has 0 aromatic carbocycles. The Morgan fingerprint density at radius 3 is 2.63 bits per heavy atom. The largest absolute Gasteiger partial charge is 0.326 e. The summed E-state index contributed by atoms with van der Waals surface area (Å²) in [4.78, 5) is 8.70. The molecule has 1 aromatic rings. The second kappa shape index (κ2) is 5.90. The number of thiazole rings is 1. The molecule has 0 bridgehead atoms. The SMILES string of the molecule is CC1CCCCN1Cc1nc(C(C)(C)C)c(CN)s1. The summed E-state index contributed by atoms with van der Waals surface area (Å²) < 4.78 is 0. The lowest BCUT2D eigenvalue weighted by molar-refractivity contribution is 0.152. The third-order valence-electron chi connectivity index (χ3n) is 3.92. The highest BCUT2D eigenvalue weighted by Crippen LogP contribution is 2.30. The van der Waals surface area contributed by atoms with Gasteiger partial charge >= 0.3 is 0 Å². The van der Waals surface area contributed by atoms with E-state index in [9.17, 15) is 0 Å². The number of piperidine rings is 1. The average Bonchev–Trinajstić information content (AvgIpc) is 2.75. The van der Waals surface area contributed by atoms with E-state index >= 15 is 0 Å². The first kappa shape index (κ1) is 14.9. The normalized spacial score (nSPS) is 21.8. The van der Waals surface area contributed by atoms with Gasteiger partial charge < -0.3 is 5.73 Å². The van der Waals surface area contributed by atoms with Crippen LogP contribution in [0.15, 0.2) is 0 Å². The molecule has 2 N–H and O–H groups in total. The number of nitrogens with two attached hydrogens (primary N) is 1. The lowest BCUT2D eigenvalue weighted by atomic mass is 9.91. The second-order valence-electron chi connectivity index (χ2n) is 6.65. The monoisotopic (exact) mass is 281 g/mol. The Morgan fingerprint density at radius 2 is 2.11 bits per heavy atom. The summed E-state index contributed by atoms with van der Waals surface area (Å²) in [5.41, 5.74) is 7.17. The Bertz CT molecular complexity index is 420. The summed E-state index contributed by atoms with van der Waals surface area (Å²) in [6.45, 7) is 11.8. The molecular formula is C15H27N3S. The molecule has 0 saturated carbocycles. The fourth-order valence-electron chi connectivity index (χ4n) is 2.76. The van der Waals surface area contributed by atoms with Gasteiger partial charge in [0, 0.05) is 22.9 Å². The Labute approximate surface area is 121 Å². The highest BCUT2D eigenvalue weighted by atomic mass is 32.1. The fraction of sp³-hybridized carbons (Fsp3) is 0.800. The van der Waals surface area contributed by atoms with Crippen molar-refractivity contribution >= 4 is 11.3 Å². The maximum absolute atomic E-state index is 5.88. The van der Waals surface area contributed by atoms with E-state index in [-0.39, 0.29) is 5.41 Å². The zero-order valence-electron chi connectivity index (χ0n) is 12.7. The van der Waals surface area contributed by atoms with Gasteiger partial charge in [-0.05, 0) is 26.3 Å². The smallest absolute Gasteiger partial charge is 0.107 e. The fourth-order valence-corrected chi connectivity index (χ4v) is 3.94. The van der Waals surface area contributed by atoms with Gasteiger partial charge in [0.15, 0.2) is 0 Å². The molecule has 4 heteroatoms. The molecule has 2 heterocycles. The van der Waals surface area contributed by atoms with Crippen molar-refractivity contribution in [1.82, 2.24) is 9.88 Å².